The summed E-state index contributed by atoms with van der Waals surface area (Å²) in [5, 5.41) is 21.4. The molecule has 1 aliphatic carbocycles. The molecule has 3 N–H and O–H groups in total. The first-order valence-electron chi connectivity index (χ1n) is 6.56. The first-order valence-corrected chi connectivity index (χ1v) is 6.56. The van der Waals surface area contributed by atoms with Crippen LogP contribution >= 0.6 is 0 Å². The smallest absolute Gasteiger partial charge is 0.326 e. The lowest BCUT2D eigenvalue weighted by molar-refractivity contribution is -0.141. The van der Waals surface area contributed by atoms with Crippen molar-refractivity contribution in [3.63, 3.8) is 0 Å². The van der Waals surface area contributed by atoms with Crippen molar-refractivity contribution in [3.8, 4) is 0 Å². The van der Waals surface area contributed by atoms with Gasteiger partial charge in [-0.1, -0.05) is 19.3 Å². The zero-order chi connectivity index (χ0) is 13.1. The van der Waals surface area contributed by atoms with Crippen molar-refractivity contribution in [2.24, 2.45) is 0 Å². The number of hydrogen-bond acceptors (Lipinski definition) is 3. The van der Waals surface area contributed by atoms with Crippen LogP contribution in [-0.2, 0) is 4.79 Å². The number of carbonyl (C=O) groups is 2. The molecule has 0 aromatic carbocycles. The second-order valence-corrected chi connectivity index (χ2v) is 5.18. The molecule has 2 atom stereocenters. The number of aliphatic hydroxyl groups is 1. The molecule has 0 spiro atoms. The van der Waals surface area contributed by atoms with E-state index in [0.29, 0.717) is 0 Å². The number of carboxylic acids is 1. The maximum Gasteiger partial charge on any atom is 0.326 e. The molecular formula is C12H20N2O4. The first kappa shape index (κ1) is 13.1. The van der Waals surface area contributed by atoms with Crippen molar-refractivity contribution >= 4 is 12.0 Å². The molecule has 2 fully saturated rings. The van der Waals surface area contributed by atoms with Crippen LogP contribution in [0.1, 0.15) is 38.5 Å². The van der Waals surface area contributed by atoms with Crippen LogP contribution in [0, 0.1) is 0 Å². The molecule has 1 aliphatic heterocycles. The highest BCUT2D eigenvalue weighted by molar-refractivity contribution is 5.83. The number of amides is 2. The Hall–Kier alpha value is -1.30. The Labute approximate surface area is 106 Å². The van der Waals surface area contributed by atoms with E-state index in [-0.39, 0.29) is 25.0 Å². The molecular weight excluding hydrogens is 236 g/mol. The normalized spacial score (nSPS) is 29.3. The van der Waals surface area contributed by atoms with Crippen LogP contribution < -0.4 is 5.32 Å². The Morgan fingerprint density at radius 1 is 1.17 bits per heavy atom. The molecule has 102 valence electrons. The van der Waals surface area contributed by atoms with Crippen molar-refractivity contribution in [1.82, 2.24) is 10.2 Å². The minimum Gasteiger partial charge on any atom is -0.480 e. The van der Waals surface area contributed by atoms with Gasteiger partial charge in [-0.25, -0.2) is 9.59 Å². The van der Waals surface area contributed by atoms with Gasteiger partial charge in [-0.15, -0.1) is 0 Å². The predicted molar refractivity (Wildman–Crippen MR) is 64.2 cm³/mol. The average Bonchev–Trinajstić information content (AvgIpc) is 2.73. The minimum atomic E-state index is -1.05. The number of carbonyl (C=O) groups excluding carboxylic acids is 1. The highest BCUT2D eigenvalue weighted by Gasteiger charge is 2.39. The van der Waals surface area contributed by atoms with E-state index in [4.69, 9.17) is 5.11 Å². The van der Waals surface area contributed by atoms with Crippen molar-refractivity contribution in [3.05, 3.63) is 0 Å². The van der Waals surface area contributed by atoms with E-state index in [9.17, 15) is 14.7 Å². The van der Waals surface area contributed by atoms with Crippen LogP contribution in [-0.4, -0.2) is 51.8 Å². The van der Waals surface area contributed by atoms with Crippen LogP contribution in [0.15, 0.2) is 0 Å². The second kappa shape index (κ2) is 5.56. The Balaban J connectivity index is 1.92. The summed E-state index contributed by atoms with van der Waals surface area (Å²) in [5.74, 6) is -1.05. The maximum atomic E-state index is 12.0. The van der Waals surface area contributed by atoms with Gasteiger partial charge in [0.15, 0.2) is 0 Å². The molecule has 1 saturated carbocycles. The van der Waals surface area contributed by atoms with Crippen LogP contribution in [0.4, 0.5) is 4.79 Å². The molecule has 2 aliphatic rings. The number of β-amino-alcohol motifs (C(OH)–C–C–N with tert-alkyl or cyclic N) is 1. The highest BCUT2D eigenvalue weighted by atomic mass is 16.4. The summed E-state index contributed by atoms with van der Waals surface area (Å²) in [7, 11) is 0. The van der Waals surface area contributed by atoms with Crippen LogP contribution in [0.5, 0.6) is 0 Å². The molecule has 1 heterocycles. The first-order chi connectivity index (χ1) is 8.58. The van der Waals surface area contributed by atoms with Gasteiger partial charge in [0, 0.05) is 19.0 Å². The molecule has 1 saturated heterocycles. The molecule has 0 aromatic rings. The number of aliphatic carboxylic acids is 1. The van der Waals surface area contributed by atoms with Crippen LogP contribution in [0.25, 0.3) is 0 Å². The maximum absolute atomic E-state index is 12.0. The van der Waals surface area contributed by atoms with E-state index < -0.39 is 18.1 Å². The van der Waals surface area contributed by atoms with E-state index >= 15 is 0 Å². The van der Waals surface area contributed by atoms with Gasteiger partial charge in [0.2, 0.25) is 0 Å². The standard InChI is InChI=1S/C12H20N2O4/c15-9-6-10(11(16)17)14(7-9)12(18)13-8-4-2-1-3-5-8/h8-10,15H,1-7H2,(H,13,18)(H,16,17)/t9-,10-/m0/s1. The summed E-state index contributed by atoms with van der Waals surface area (Å²) in [6.07, 6.45) is 4.72. The van der Waals surface area contributed by atoms with Crippen LogP contribution in [0.3, 0.4) is 0 Å². The molecule has 0 bridgehead atoms. The number of rotatable bonds is 2. The van der Waals surface area contributed by atoms with Gasteiger partial charge in [-0.2, -0.15) is 0 Å². The Kier molecular flexibility index (Phi) is 4.06. The zero-order valence-corrected chi connectivity index (χ0v) is 10.3. The Morgan fingerprint density at radius 2 is 1.83 bits per heavy atom. The molecule has 2 amide bonds. The van der Waals surface area contributed by atoms with Crippen molar-refractivity contribution in [2.45, 2.75) is 56.7 Å². The molecule has 2 rings (SSSR count). The summed E-state index contributed by atoms with van der Waals surface area (Å²) >= 11 is 0. The SMILES string of the molecule is O=C(O)[C@@H]1C[C@H](O)CN1C(=O)NC1CCCCC1. The van der Waals surface area contributed by atoms with E-state index in [2.05, 4.69) is 5.32 Å². The fourth-order valence-electron chi connectivity index (χ4n) is 2.78. The van der Waals surface area contributed by atoms with Gasteiger partial charge in [0.05, 0.1) is 6.10 Å². The number of carboxylic acid groups (broad SMARTS) is 1. The van der Waals surface area contributed by atoms with Gasteiger partial charge >= 0.3 is 12.0 Å². The quantitative estimate of drug-likeness (QED) is 0.673. The number of nitrogens with zero attached hydrogens (tertiary/aromatic N) is 1. The third-order valence-corrected chi connectivity index (χ3v) is 3.76. The van der Waals surface area contributed by atoms with Gasteiger partial charge in [0.1, 0.15) is 6.04 Å². The monoisotopic (exact) mass is 256 g/mol. The number of nitrogens with one attached hydrogen (secondary N) is 1. The van der Waals surface area contributed by atoms with Gasteiger partial charge in [-0.05, 0) is 12.8 Å². The molecule has 0 unspecified atom stereocenters. The Morgan fingerprint density at radius 3 is 2.44 bits per heavy atom. The van der Waals surface area contributed by atoms with E-state index in [1.807, 2.05) is 0 Å². The van der Waals surface area contributed by atoms with Gasteiger partial charge in [0.25, 0.3) is 0 Å². The number of urea groups is 1. The van der Waals surface area contributed by atoms with E-state index in [0.717, 1.165) is 25.7 Å². The van der Waals surface area contributed by atoms with Gasteiger partial charge in [-0.3, -0.25) is 0 Å². The summed E-state index contributed by atoms with van der Waals surface area (Å²) < 4.78 is 0. The minimum absolute atomic E-state index is 0.107. The summed E-state index contributed by atoms with van der Waals surface area (Å²) in [6, 6.07) is -1.10. The summed E-state index contributed by atoms with van der Waals surface area (Å²) in [4.78, 5) is 24.3. The lowest BCUT2D eigenvalue weighted by atomic mass is 9.96. The highest BCUT2D eigenvalue weighted by Crippen LogP contribution is 2.21. The topological polar surface area (TPSA) is 89.9 Å². The lowest BCUT2D eigenvalue weighted by Crippen LogP contribution is -2.49. The second-order valence-electron chi connectivity index (χ2n) is 5.18. The predicted octanol–water partition coefficient (Wildman–Crippen LogP) is 0.548. The molecule has 6 heteroatoms. The number of likely N-dealkylation sites (tertiary alicyclic amines) is 1. The molecule has 18 heavy (non-hydrogen) atoms. The third kappa shape index (κ3) is 2.93. The van der Waals surface area contributed by atoms with E-state index in [1.165, 1.54) is 11.3 Å². The fraction of sp³-hybridized carbons (Fsp3) is 0.833. The van der Waals surface area contributed by atoms with Crippen molar-refractivity contribution in [1.29, 1.82) is 0 Å². The number of hydrogen-bond donors (Lipinski definition) is 3. The zero-order valence-electron chi connectivity index (χ0n) is 10.3. The third-order valence-electron chi connectivity index (χ3n) is 3.76. The van der Waals surface area contributed by atoms with Crippen LogP contribution in [0.2, 0.25) is 0 Å². The van der Waals surface area contributed by atoms with Gasteiger partial charge < -0.3 is 20.4 Å². The molecule has 0 radical (unpaired) electrons. The fourth-order valence-corrected chi connectivity index (χ4v) is 2.78. The molecule has 6 nitrogen and oxygen atoms in total. The average molecular weight is 256 g/mol. The summed E-state index contributed by atoms with van der Waals surface area (Å²) in [5.41, 5.74) is 0. The van der Waals surface area contributed by atoms with Crippen molar-refractivity contribution < 1.29 is 19.8 Å². The van der Waals surface area contributed by atoms with E-state index in [1.54, 1.807) is 0 Å². The number of aliphatic hydroxyl groups excluding tert-OH is 1. The Bertz CT molecular complexity index is 328. The van der Waals surface area contributed by atoms with Crippen molar-refractivity contribution in [2.75, 3.05) is 6.54 Å². The summed E-state index contributed by atoms with van der Waals surface area (Å²) in [6.45, 7) is 0.107. The molecule has 0 aromatic heterocycles. The largest absolute Gasteiger partial charge is 0.480 e. The lowest BCUT2D eigenvalue weighted by Gasteiger charge is -2.27.